The Morgan fingerprint density at radius 1 is 1.43 bits per heavy atom. The van der Waals surface area contributed by atoms with E-state index in [-0.39, 0.29) is 41.1 Å². The van der Waals surface area contributed by atoms with Gasteiger partial charge in [-0.2, -0.15) is 9.78 Å². The molecule has 0 fully saturated rings. The van der Waals surface area contributed by atoms with Gasteiger partial charge in [-0.05, 0) is 34.1 Å². The van der Waals surface area contributed by atoms with Gasteiger partial charge in [-0.3, -0.25) is 4.79 Å². The van der Waals surface area contributed by atoms with Crippen LogP contribution in [0.5, 0.6) is 11.5 Å². The van der Waals surface area contributed by atoms with Gasteiger partial charge in [-0.1, -0.05) is 5.21 Å². The lowest BCUT2D eigenvalue weighted by Crippen LogP contribution is -2.20. The highest BCUT2D eigenvalue weighted by molar-refractivity contribution is 5.94. The van der Waals surface area contributed by atoms with Gasteiger partial charge in [0, 0.05) is 7.11 Å². The molecule has 3 aromatic rings. The van der Waals surface area contributed by atoms with Gasteiger partial charge in [0.1, 0.15) is 5.69 Å². The highest BCUT2D eigenvalue weighted by atomic mass is 16.6. The van der Waals surface area contributed by atoms with Gasteiger partial charge in [0.15, 0.2) is 17.2 Å². The second-order valence-electron chi connectivity index (χ2n) is 5.33. The van der Waals surface area contributed by atoms with Crippen molar-refractivity contribution >= 4 is 17.9 Å². The van der Waals surface area contributed by atoms with Gasteiger partial charge in [0.05, 0.1) is 19.9 Å². The van der Waals surface area contributed by atoms with Crippen LogP contribution in [0.15, 0.2) is 27.9 Å². The molecule has 0 aliphatic heterocycles. The Morgan fingerprint density at radius 2 is 2.25 bits per heavy atom. The van der Waals surface area contributed by atoms with Crippen molar-refractivity contribution in [1.29, 1.82) is 0 Å². The topological polar surface area (TPSA) is 176 Å². The molecule has 0 saturated heterocycles. The van der Waals surface area contributed by atoms with Gasteiger partial charge >= 0.3 is 0 Å². The number of phenolic OH excluding ortho intramolecular Hbond substituents is 1. The predicted molar refractivity (Wildman–Crippen MR) is 94.1 cm³/mol. The summed E-state index contributed by atoms with van der Waals surface area (Å²) >= 11 is 0. The fraction of sp³-hybridized carbons (Fsp3) is 0.200. The third-order valence-electron chi connectivity index (χ3n) is 3.54. The first-order valence-corrected chi connectivity index (χ1v) is 7.77. The Balaban J connectivity index is 1.79. The van der Waals surface area contributed by atoms with E-state index >= 15 is 0 Å². The number of nitrogens with two attached hydrogens (primary N) is 1. The molecule has 146 valence electrons. The molecule has 4 N–H and O–H groups in total. The summed E-state index contributed by atoms with van der Waals surface area (Å²) in [5.41, 5.74) is 8.83. The number of phenols is 1. The number of rotatable bonds is 7. The summed E-state index contributed by atoms with van der Waals surface area (Å²) in [6, 6.07) is 4.60. The SMILES string of the molecule is COCc1c(C(=O)N/N=C/c2ccc(O)c(OC)c2)nnn1-c1nonc1N. The minimum absolute atomic E-state index is 0.000921. The zero-order chi connectivity index (χ0) is 20.1. The fourth-order valence-electron chi connectivity index (χ4n) is 2.25. The summed E-state index contributed by atoms with van der Waals surface area (Å²) < 4.78 is 15.8. The molecule has 13 heteroatoms. The molecule has 0 saturated carbocycles. The van der Waals surface area contributed by atoms with E-state index in [1.165, 1.54) is 31.2 Å². The van der Waals surface area contributed by atoms with Gasteiger partial charge in [-0.25, -0.2) is 10.1 Å². The number of nitrogens with one attached hydrogen (secondary N) is 1. The predicted octanol–water partition coefficient (Wildman–Crippen LogP) is -0.143. The number of amides is 1. The highest BCUT2D eigenvalue weighted by Gasteiger charge is 2.23. The number of ether oxygens (including phenoxy) is 2. The summed E-state index contributed by atoms with van der Waals surface area (Å²) in [6.07, 6.45) is 1.37. The standard InChI is InChI=1S/C15H16N8O5/c1-26-7-9-12(18-22-23(9)14-13(16)20-28-21-14)15(25)19-17-6-8-3-4-10(24)11(5-8)27-2/h3-6,24H,7H2,1-2H3,(H2,16,20)(H,19,25)/b17-6+. The van der Waals surface area contributed by atoms with Crippen molar-refractivity contribution < 1.29 is 24.0 Å². The summed E-state index contributed by atoms with van der Waals surface area (Å²) in [5.74, 6) is -0.298. The molecule has 2 aromatic heterocycles. The third-order valence-corrected chi connectivity index (χ3v) is 3.54. The highest BCUT2D eigenvalue weighted by Crippen LogP contribution is 2.25. The van der Waals surface area contributed by atoms with Gasteiger partial charge in [0.25, 0.3) is 5.91 Å². The fourth-order valence-corrected chi connectivity index (χ4v) is 2.25. The van der Waals surface area contributed by atoms with Crippen molar-refractivity contribution in [2.45, 2.75) is 6.61 Å². The molecule has 0 aliphatic rings. The van der Waals surface area contributed by atoms with Gasteiger partial charge in [-0.15, -0.1) is 5.10 Å². The number of carbonyl (C=O) groups is 1. The van der Waals surface area contributed by atoms with E-state index in [2.05, 4.69) is 35.8 Å². The molecule has 28 heavy (non-hydrogen) atoms. The van der Waals surface area contributed by atoms with Crippen LogP contribution in [0.4, 0.5) is 5.82 Å². The minimum atomic E-state index is -0.629. The molecule has 0 spiro atoms. The zero-order valence-electron chi connectivity index (χ0n) is 14.9. The van der Waals surface area contributed by atoms with Crippen molar-refractivity contribution in [1.82, 2.24) is 30.7 Å². The Labute approximate surface area is 157 Å². The van der Waals surface area contributed by atoms with E-state index in [4.69, 9.17) is 15.2 Å². The maximum Gasteiger partial charge on any atom is 0.293 e. The van der Waals surface area contributed by atoms with Crippen LogP contribution in [0.2, 0.25) is 0 Å². The van der Waals surface area contributed by atoms with Crippen LogP contribution in [0.25, 0.3) is 5.82 Å². The minimum Gasteiger partial charge on any atom is -0.504 e. The van der Waals surface area contributed by atoms with Crippen LogP contribution >= 0.6 is 0 Å². The normalized spacial score (nSPS) is 11.1. The third kappa shape index (κ3) is 3.73. The van der Waals surface area contributed by atoms with E-state index < -0.39 is 5.91 Å². The number of methoxy groups -OCH3 is 2. The molecule has 0 atom stereocenters. The average Bonchev–Trinajstić information content (AvgIpc) is 3.29. The number of aromatic nitrogens is 5. The number of hydrazone groups is 1. The Kier molecular flexibility index (Phi) is 5.45. The lowest BCUT2D eigenvalue weighted by atomic mass is 10.2. The van der Waals surface area contributed by atoms with E-state index in [0.29, 0.717) is 5.56 Å². The molecular formula is C15H16N8O5. The molecule has 1 aromatic carbocycles. The van der Waals surface area contributed by atoms with Crippen molar-refractivity contribution in [3.8, 4) is 17.3 Å². The van der Waals surface area contributed by atoms with E-state index in [0.717, 1.165) is 0 Å². The summed E-state index contributed by atoms with van der Waals surface area (Å²) in [6.45, 7) is 0.000921. The number of hydrogen-bond donors (Lipinski definition) is 3. The second kappa shape index (κ2) is 8.13. The summed E-state index contributed by atoms with van der Waals surface area (Å²) in [4.78, 5) is 12.4. The van der Waals surface area contributed by atoms with Gasteiger partial charge in [0.2, 0.25) is 11.6 Å². The van der Waals surface area contributed by atoms with E-state index in [1.807, 2.05) is 0 Å². The van der Waals surface area contributed by atoms with E-state index in [9.17, 15) is 9.90 Å². The van der Waals surface area contributed by atoms with Crippen LogP contribution < -0.4 is 15.9 Å². The number of benzene rings is 1. The monoisotopic (exact) mass is 388 g/mol. The molecule has 0 bridgehead atoms. The first kappa shape index (κ1) is 18.8. The lowest BCUT2D eigenvalue weighted by Gasteiger charge is -2.04. The number of aromatic hydroxyl groups is 1. The molecular weight excluding hydrogens is 372 g/mol. The van der Waals surface area contributed by atoms with Crippen molar-refractivity contribution in [3.63, 3.8) is 0 Å². The van der Waals surface area contributed by atoms with Crippen molar-refractivity contribution in [3.05, 3.63) is 35.2 Å². The maximum absolute atomic E-state index is 12.4. The number of hydrogen-bond acceptors (Lipinski definition) is 11. The first-order valence-electron chi connectivity index (χ1n) is 7.77. The molecule has 0 aliphatic carbocycles. The number of nitrogen functional groups attached to an aromatic ring is 1. The van der Waals surface area contributed by atoms with Crippen molar-refractivity contribution in [2.24, 2.45) is 5.10 Å². The summed E-state index contributed by atoms with van der Waals surface area (Å²) in [7, 11) is 2.87. The Hall–Kier alpha value is -4.00. The van der Waals surface area contributed by atoms with Crippen LogP contribution in [0.3, 0.4) is 0 Å². The molecule has 0 unspecified atom stereocenters. The van der Waals surface area contributed by atoms with Crippen molar-refractivity contribution in [2.75, 3.05) is 20.0 Å². The van der Waals surface area contributed by atoms with Crippen LogP contribution in [0, 0.1) is 0 Å². The quantitative estimate of drug-likeness (QED) is 0.364. The summed E-state index contributed by atoms with van der Waals surface area (Å²) in [5, 5.41) is 28.2. The molecule has 3 rings (SSSR count). The maximum atomic E-state index is 12.4. The largest absolute Gasteiger partial charge is 0.504 e. The van der Waals surface area contributed by atoms with E-state index in [1.54, 1.807) is 12.1 Å². The Bertz CT molecular complexity index is 1010. The number of carbonyl (C=O) groups excluding carboxylic acids is 1. The van der Waals surface area contributed by atoms with Crippen LogP contribution in [-0.4, -0.2) is 56.8 Å². The second-order valence-corrected chi connectivity index (χ2v) is 5.33. The molecule has 1 amide bonds. The van der Waals surface area contributed by atoms with Crippen LogP contribution in [-0.2, 0) is 11.3 Å². The van der Waals surface area contributed by atoms with Gasteiger partial charge < -0.3 is 20.3 Å². The smallest absolute Gasteiger partial charge is 0.293 e. The average molecular weight is 388 g/mol. The lowest BCUT2D eigenvalue weighted by molar-refractivity contribution is 0.0944. The zero-order valence-corrected chi connectivity index (χ0v) is 14.9. The van der Waals surface area contributed by atoms with Crippen LogP contribution in [0.1, 0.15) is 21.7 Å². The molecule has 2 heterocycles. The molecule has 0 radical (unpaired) electrons. The molecule has 13 nitrogen and oxygen atoms in total. The Morgan fingerprint density at radius 3 is 2.93 bits per heavy atom. The number of nitrogens with zero attached hydrogens (tertiary/aromatic N) is 6. The first-order chi connectivity index (χ1) is 13.5. The number of anilines is 1.